The first-order chi connectivity index (χ1) is 12.8. The molecule has 0 radical (unpaired) electrons. The van der Waals surface area contributed by atoms with E-state index in [1.165, 1.54) is 30.3 Å². The van der Waals surface area contributed by atoms with Gasteiger partial charge < -0.3 is 5.32 Å². The summed E-state index contributed by atoms with van der Waals surface area (Å²) in [6, 6.07) is 10.2. The number of ketones is 1. The highest BCUT2D eigenvalue weighted by molar-refractivity contribution is 7.91. The van der Waals surface area contributed by atoms with Gasteiger partial charge in [0.2, 0.25) is 9.84 Å². The van der Waals surface area contributed by atoms with Gasteiger partial charge in [0.05, 0.1) is 9.79 Å². The average molecular weight is 381 g/mol. The summed E-state index contributed by atoms with van der Waals surface area (Å²) >= 11 is 0. The maximum Gasteiger partial charge on any atom is 0.252 e. The second kappa shape index (κ2) is 6.67. The fourth-order valence-electron chi connectivity index (χ4n) is 3.18. The Kier molecular flexibility index (Phi) is 4.66. The number of sulfone groups is 1. The Bertz CT molecular complexity index is 1090. The molecule has 1 heterocycles. The Balaban J connectivity index is 2.08. The minimum Gasteiger partial charge on any atom is -0.336 e. The van der Waals surface area contributed by atoms with E-state index in [-0.39, 0.29) is 32.3 Å². The van der Waals surface area contributed by atoms with Crippen LogP contribution in [0.3, 0.4) is 0 Å². The van der Waals surface area contributed by atoms with Crippen molar-refractivity contribution in [3.63, 3.8) is 0 Å². The van der Waals surface area contributed by atoms with Gasteiger partial charge in [0.1, 0.15) is 5.54 Å². The molecular formula is C21H19NO4S. The van der Waals surface area contributed by atoms with Crippen molar-refractivity contribution < 1.29 is 18.0 Å². The van der Waals surface area contributed by atoms with E-state index in [2.05, 4.69) is 11.2 Å². The van der Waals surface area contributed by atoms with Gasteiger partial charge in [-0.05, 0) is 43.2 Å². The van der Waals surface area contributed by atoms with Crippen LogP contribution in [0.25, 0.3) is 0 Å². The van der Waals surface area contributed by atoms with E-state index in [1.54, 1.807) is 12.1 Å². The summed E-state index contributed by atoms with van der Waals surface area (Å²) in [6.45, 7) is 3.74. The predicted octanol–water partition coefficient (Wildman–Crippen LogP) is 2.99. The second-order valence-corrected chi connectivity index (χ2v) is 8.31. The molecule has 1 aliphatic rings. The van der Waals surface area contributed by atoms with Crippen molar-refractivity contribution in [2.75, 3.05) is 0 Å². The third-order valence-corrected chi connectivity index (χ3v) is 6.89. The van der Waals surface area contributed by atoms with Crippen LogP contribution >= 0.6 is 0 Å². The van der Waals surface area contributed by atoms with Crippen molar-refractivity contribution in [1.82, 2.24) is 5.32 Å². The van der Waals surface area contributed by atoms with Gasteiger partial charge in [0.25, 0.3) is 5.91 Å². The smallest absolute Gasteiger partial charge is 0.252 e. The van der Waals surface area contributed by atoms with Gasteiger partial charge in [-0.1, -0.05) is 31.9 Å². The summed E-state index contributed by atoms with van der Waals surface area (Å²) in [7, 11) is -3.89. The van der Waals surface area contributed by atoms with Gasteiger partial charge in [-0.25, -0.2) is 8.42 Å². The molecule has 0 saturated heterocycles. The number of rotatable bonds is 4. The zero-order valence-corrected chi connectivity index (χ0v) is 15.9. The normalized spacial score (nSPS) is 14.6. The number of hydrogen-bond donors (Lipinski definition) is 1. The van der Waals surface area contributed by atoms with Crippen LogP contribution in [0.1, 0.15) is 53.0 Å². The second-order valence-electron chi connectivity index (χ2n) is 6.43. The van der Waals surface area contributed by atoms with Gasteiger partial charge in [-0.15, -0.1) is 6.42 Å². The van der Waals surface area contributed by atoms with Crippen molar-refractivity contribution >= 4 is 21.5 Å². The molecule has 6 heteroatoms. The van der Waals surface area contributed by atoms with Crippen LogP contribution in [0.2, 0.25) is 0 Å². The molecule has 0 aromatic heterocycles. The van der Waals surface area contributed by atoms with E-state index in [0.29, 0.717) is 12.8 Å². The molecule has 0 aliphatic carbocycles. The summed E-state index contributed by atoms with van der Waals surface area (Å²) < 4.78 is 25.9. The average Bonchev–Trinajstić information content (AvgIpc) is 2.70. The lowest BCUT2D eigenvalue weighted by molar-refractivity contribution is 0.0915. The summed E-state index contributed by atoms with van der Waals surface area (Å²) in [4.78, 5) is 25.1. The molecule has 1 amide bonds. The summed E-state index contributed by atoms with van der Waals surface area (Å²) in [6.07, 6.45) is 6.66. The van der Waals surface area contributed by atoms with Gasteiger partial charge >= 0.3 is 0 Å². The Morgan fingerprint density at radius 1 is 1.07 bits per heavy atom. The zero-order valence-electron chi connectivity index (χ0n) is 15.1. The predicted molar refractivity (Wildman–Crippen MR) is 101 cm³/mol. The molecule has 2 aromatic carbocycles. The molecule has 0 fully saturated rings. The fraction of sp³-hybridized carbons (Fsp3) is 0.238. The Labute approximate surface area is 158 Å². The molecule has 0 spiro atoms. The first-order valence-corrected chi connectivity index (χ1v) is 10.1. The minimum atomic E-state index is -3.89. The van der Waals surface area contributed by atoms with Crippen LogP contribution in [-0.2, 0) is 9.84 Å². The number of terminal acetylenes is 1. The largest absolute Gasteiger partial charge is 0.336 e. The molecule has 1 N–H and O–H groups in total. The summed E-state index contributed by atoms with van der Waals surface area (Å²) in [5.74, 6) is 1.77. The first kappa shape index (κ1) is 18.9. The third kappa shape index (κ3) is 2.94. The minimum absolute atomic E-state index is 0.0415. The first-order valence-electron chi connectivity index (χ1n) is 8.63. The molecule has 2 aromatic rings. The van der Waals surface area contributed by atoms with Crippen molar-refractivity contribution in [3.05, 3.63) is 59.2 Å². The number of fused-ring (bicyclic) bond motifs is 2. The van der Waals surface area contributed by atoms with Gasteiger partial charge in [0.15, 0.2) is 5.78 Å². The highest BCUT2D eigenvalue weighted by atomic mass is 32.2. The monoisotopic (exact) mass is 381 g/mol. The number of hydrogen-bond acceptors (Lipinski definition) is 4. The van der Waals surface area contributed by atoms with E-state index in [0.717, 1.165) is 0 Å². The Morgan fingerprint density at radius 2 is 1.70 bits per heavy atom. The van der Waals surface area contributed by atoms with Crippen molar-refractivity contribution in [2.24, 2.45) is 0 Å². The fourth-order valence-corrected chi connectivity index (χ4v) is 4.86. The topological polar surface area (TPSA) is 80.3 Å². The van der Waals surface area contributed by atoms with Gasteiger partial charge in [-0.2, -0.15) is 0 Å². The van der Waals surface area contributed by atoms with Crippen LogP contribution < -0.4 is 5.32 Å². The van der Waals surface area contributed by atoms with Crippen molar-refractivity contribution in [1.29, 1.82) is 0 Å². The molecule has 1 aliphatic heterocycles. The lowest BCUT2D eigenvalue weighted by Gasteiger charge is -2.27. The zero-order chi connectivity index (χ0) is 19.8. The van der Waals surface area contributed by atoms with Crippen molar-refractivity contribution in [3.8, 4) is 12.3 Å². The van der Waals surface area contributed by atoms with Crippen LogP contribution in [0, 0.1) is 12.3 Å². The van der Waals surface area contributed by atoms with Crippen LogP contribution in [0.15, 0.2) is 52.3 Å². The standard InChI is InChI=1S/C21H19NO4S/c1-4-21(5-2,6-3)22-20(24)14-11-12-16-18(13-14)27(25,26)17-10-8-7-9-15(17)19(16)23/h1,7-13H,5-6H2,2-3H3,(H,22,24). The van der Waals surface area contributed by atoms with Crippen LogP contribution in [0.4, 0.5) is 0 Å². The molecule has 138 valence electrons. The third-order valence-electron chi connectivity index (χ3n) is 5.04. The molecule has 5 nitrogen and oxygen atoms in total. The lowest BCUT2D eigenvalue weighted by Crippen LogP contribution is -2.46. The van der Waals surface area contributed by atoms with E-state index >= 15 is 0 Å². The molecule has 27 heavy (non-hydrogen) atoms. The maximum absolute atomic E-state index is 13.0. The van der Waals surface area contributed by atoms with Crippen molar-refractivity contribution in [2.45, 2.75) is 42.0 Å². The van der Waals surface area contributed by atoms with Crippen LogP contribution in [0.5, 0.6) is 0 Å². The SMILES string of the molecule is C#CC(CC)(CC)NC(=O)c1ccc2c(c1)S(=O)(=O)c1ccccc1C2=O. The number of carbonyl (C=O) groups excluding carboxylic acids is 2. The maximum atomic E-state index is 13.0. The number of benzene rings is 2. The molecular weight excluding hydrogens is 362 g/mol. The van der Waals surface area contributed by atoms with E-state index in [4.69, 9.17) is 6.42 Å². The lowest BCUT2D eigenvalue weighted by atomic mass is 9.93. The van der Waals surface area contributed by atoms with Gasteiger partial charge in [0, 0.05) is 16.7 Å². The van der Waals surface area contributed by atoms with E-state index in [9.17, 15) is 18.0 Å². The number of amides is 1. The quantitative estimate of drug-likeness (QED) is 0.705. The molecule has 0 atom stereocenters. The molecule has 0 saturated carbocycles. The van der Waals surface area contributed by atoms with Crippen LogP contribution in [-0.4, -0.2) is 25.6 Å². The summed E-state index contributed by atoms with van der Waals surface area (Å²) in [5, 5.41) is 2.81. The van der Waals surface area contributed by atoms with E-state index in [1.807, 2.05) is 13.8 Å². The number of nitrogens with one attached hydrogen (secondary N) is 1. The highest BCUT2D eigenvalue weighted by Crippen LogP contribution is 2.34. The highest BCUT2D eigenvalue weighted by Gasteiger charge is 2.35. The number of carbonyl (C=O) groups is 2. The van der Waals surface area contributed by atoms with E-state index < -0.39 is 21.3 Å². The molecule has 0 bridgehead atoms. The summed E-state index contributed by atoms with van der Waals surface area (Å²) in [5.41, 5.74) is -0.440. The molecule has 3 rings (SSSR count). The Hall–Kier alpha value is -2.91. The Morgan fingerprint density at radius 3 is 2.33 bits per heavy atom. The van der Waals surface area contributed by atoms with Gasteiger partial charge in [-0.3, -0.25) is 9.59 Å². The molecule has 0 unspecified atom stereocenters.